The largest absolute Gasteiger partial charge is 0.299 e. The standard InChI is InChI=1S/C23H18N4O/c24-16-23(18-7-3-1-4-8-18,19-9-5-2-6-10-19)12-14-27-17-26-21-15-25-13-11-20(21)22(27)28/h1-11,13,15,17H,12,14H2. The van der Waals surface area contributed by atoms with Gasteiger partial charge < -0.3 is 0 Å². The lowest BCUT2D eigenvalue weighted by Crippen LogP contribution is -2.30. The summed E-state index contributed by atoms with van der Waals surface area (Å²) in [5.74, 6) is 0. The van der Waals surface area contributed by atoms with E-state index in [1.54, 1.807) is 23.0 Å². The van der Waals surface area contributed by atoms with Crippen LogP contribution in [0.4, 0.5) is 0 Å². The minimum absolute atomic E-state index is 0.125. The molecule has 136 valence electrons. The molecule has 0 aliphatic heterocycles. The van der Waals surface area contributed by atoms with E-state index in [2.05, 4.69) is 16.0 Å². The number of fused-ring (bicyclic) bond motifs is 1. The maximum absolute atomic E-state index is 12.8. The van der Waals surface area contributed by atoms with Crippen LogP contribution in [0.15, 0.2) is 90.2 Å². The number of rotatable bonds is 5. The molecule has 2 aromatic heterocycles. The molecule has 0 aliphatic rings. The Bertz CT molecular complexity index is 1150. The van der Waals surface area contributed by atoms with Crippen molar-refractivity contribution < 1.29 is 0 Å². The van der Waals surface area contributed by atoms with Gasteiger partial charge in [-0.25, -0.2) is 4.98 Å². The number of benzene rings is 2. The zero-order chi connectivity index (χ0) is 19.4. The quantitative estimate of drug-likeness (QED) is 0.540. The molecular formula is C23H18N4O. The van der Waals surface area contributed by atoms with E-state index in [0.717, 1.165) is 11.1 Å². The van der Waals surface area contributed by atoms with Gasteiger partial charge in [0, 0.05) is 12.7 Å². The van der Waals surface area contributed by atoms with Crippen LogP contribution in [-0.4, -0.2) is 14.5 Å². The zero-order valence-corrected chi connectivity index (χ0v) is 15.2. The summed E-state index contributed by atoms with van der Waals surface area (Å²) in [6.07, 6.45) is 5.15. The average molecular weight is 366 g/mol. The van der Waals surface area contributed by atoms with Gasteiger partial charge in [0.2, 0.25) is 0 Å². The van der Waals surface area contributed by atoms with Crippen LogP contribution in [0.1, 0.15) is 17.5 Å². The third kappa shape index (κ3) is 3.06. The first kappa shape index (κ1) is 17.6. The van der Waals surface area contributed by atoms with Crippen LogP contribution in [0.2, 0.25) is 0 Å². The maximum Gasteiger partial charge on any atom is 0.261 e. The number of hydrogen-bond acceptors (Lipinski definition) is 4. The molecule has 0 N–H and O–H groups in total. The highest BCUT2D eigenvalue weighted by molar-refractivity contribution is 5.75. The molecular weight excluding hydrogens is 348 g/mol. The van der Waals surface area contributed by atoms with E-state index in [9.17, 15) is 10.1 Å². The van der Waals surface area contributed by atoms with Gasteiger partial charge in [-0.1, -0.05) is 60.7 Å². The smallest absolute Gasteiger partial charge is 0.261 e. The van der Waals surface area contributed by atoms with Crippen molar-refractivity contribution in [2.24, 2.45) is 0 Å². The van der Waals surface area contributed by atoms with Crippen LogP contribution < -0.4 is 5.56 Å². The van der Waals surface area contributed by atoms with Crippen molar-refractivity contribution in [2.45, 2.75) is 18.4 Å². The molecule has 0 atom stereocenters. The molecule has 0 aliphatic carbocycles. The fourth-order valence-corrected chi connectivity index (χ4v) is 3.54. The lowest BCUT2D eigenvalue weighted by molar-refractivity contribution is 0.510. The fourth-order valence-electron chi connectivity index (χ4n) is 3.54. The van der Waals surface area contributed by atoms with Crippen molar-refractivity contribution >= 4 is 10.9 Å². The SMILES string of the molecule is N#CC(CCn1cnc2cnccc2c1=O)(c1ccccc1)c1ccccc1. The van der Waals surface area contributed by atoms with E-state index in [4.69, 9.17) is 0 Å². The van der Waals surface area contributed by atoms with Crippen LogP contribution in [0.3, 0.4) is 0 Å². The molecule has 0 unspecified atom stereocenters. The van der Waals surface area contributed by atoms with Crippen molar-refractivity contribution in [1.29, 1.82) is 5.26 Å². The topological polar surface area (TPSA) is 71.6 Å². The predicted molar refractivity (Wildman–Crippen MR) is 108 cm³/mol. The van der Waals surface area contributed by atoms with E-state index < -0.39 is 5.41 Å². The molecule has 28 heavy (non-hydrogen) atoms. The number of hydrogen-bond donors (Lipinski definition) is 0. The van der Waals surface area contributed by atoms with Crippen molar-refractivity contribution in [2.75, 3.05) is 0 Å². The van der Waals surface area contributed by atoms with Gasteiger partial charge in [0.15, 0.2) is 0 Å². The molecule has 0 saturated carbocycles. The molecule has 5 nitrogen and oxygen atoms in total. The molecule has 0 saturated heterocycles. The molecule has 2 heterocycles. The van der Waals surface area contributed by atoms with E-state index in [1.807, 2.05) is 60.7 Å². The second-order valence-electron chi connectivity index (χ2n) is 6.64. The van der Waals surface area contributed by atoms with Gasteiger partial charge in [0.1, 0.15) is 5.41 Å². The molecule has 4 aromatic rings. The molecule has 0 radical (unpaired) electrons. The second-order valence-corrected chi connectivity index (χ2v) is 6.64. The van der Waals surface area contributed by atoms with Crippen LogP contribution >= 0.6 is 0 Å². The van der Waals surface area contributed by atoms with Crippen LogP contribution in [0.25, 0.3) is 10.9 Å². The van der Waals surface area contributed by atoms with Crippen LogP contribution in [0.5, 0.6) is 0 Å². The third-order valence-corrected chi connectivity index (χ3v) is 5.08. The monoisotopic (exact) mass is 366 g/mol. The van der Waals surface area contributed by atoms with Crippen molar-refractivity contribution in [3.8, 4) is 6.07 Å². The summed E-state index contributed by atoms with van der Waals surface area (Å²) in [4.78, 5) is 21.2. The predicted octanol–water partition coefficient (Wildman–Crippen LogP) is 3.69. The highest BCUT2D eigenvalue weighted by Crippen LogP contribution is 2.35. The Morgan fingerprint density at radius 3 is 2.21 bits per heavy atom. The Kier molecular flexibility index (Phi) is 4.69. The number of nitriles is 1. The minimum Gasteiger partial charge on any atom is -0.299 e. The number of pyridine rings is 1. The van der Waals surface area contributed by atoms with E-state index in [1.165, 1.54) is 6.33 Å². The summed E-state index contributed by atoms with van der Waals surface area (Å²) in [5.41, 5.74) is 1.42. The zero-order valence-electron chi connectivity index (χ0n) is 15.2. The normalized spacial score (nSPS) is 11.2. The van der Waals surface area contributed by atoms with Gasteiger partial charge in [0.05, 0.1) is 29.5 Å². The number of aromatic nitrogens is 3. The highest BCUT2D eigenvalue weighted by atomic mass is 16.1. The van der Waals surface area contributed by atoms with Gasteiger partial charge in [-0.3, -0.25) is 14.3 Å². The Labute approximate surface area is 162 Å². The first-order valence-corrected chi connectivity index (χ1v) is 9.06. The summed E-state index contributed by atoms with van der Waals surface area (Å²) in [6.45, 7) is 0.376. The Morgan fingerprint density at radius 1 is 0.964 bits per heavy atom. The maximum atomic E-state index is 12.8. The van der Waals surface area contributed by atoms with E-state index >= 15 is 0 Å². The summed E-state index contributed by atoms with van der Waals surface area (Å²) in [5, 5.41) is 10.8. The molecule has 0 spiro atoms. The first-order valence-electron chi connectivity index (χ1n) is 9.06. The lowest BCUT2D eigenvalue weighted by atomic mass is 9.73. The highest BCUT2D eigenvalue weighted by Gasteiger charge is 2.34. The molecule has 5 heteroatoms. The molecule has 4 rings (SSSR count). The second kappa shape index (κ2) is 7.45. The average Bonchev–Trinajstić information content (AvgIpc) is 2.77. The van der Waals surface area contributed by atoms with Gasteiger partial charge >= 0.3 is 0 Å². The molecule has 0 fully saturated rings. The fraction of sp³-hybridized carbons (Fsp3) is 0.130. The summed E-state index contributed by atoms with van der Waals surface area (Å²) in [6, 6.07) is 23.6. The van der Waals surface area contributed by atoms with Gasteiger partial charge in [-0.05, 0) is 23.6 Å². The lowest BCUT2D eigenvalue weighted by Gasteiger charge is -2.28. The number of nitrogens with zero attached hydrogens (tertiary/aromatic N) is 4. The Balaban J connectivity index is 1.77. The van der Waals surface area contributed by atoms with Crippen molar-refractivity contribution in [3.05, 3.63) is 107 Å². The van der Waals surface area contributed by atoms with Gasteiger partial charge in [-0.15, -0.1) is 0 Å². The summed E-state index contributed by atoms with van der Waals surface area (Å²) >= 11 is 0. The van der Waals surface area contributed by atoms with Crippen LogP contribution in [-0.2, 0) is 12.0 Å². The van der Waals surface area contributed by atoms with Crippen molar-refractivity contribution in [3.63, 3.8) is 0 Å². The minimum atomic E-state index is -0.852. The molecule has 0 amide bonds. The first-order chi connectivity index (χ1) is 13.7. The van der Waals surface area contributed by atoms with Gasteiger partial charge in [-0.2, -0.15) is 5.26 Å². The molecule has 2 aromatic carbocycles. The number of aryl methyl sites for hydroxylation is 1. The Morgan fingerprint density at radius 2 is 1.61 bits per heavy atom. The summed E-state index contributed by atoms with van der Waals surface area (Å²) in [7, 11) is 0. The van der Waals surface area contributed by atoms with Gasteiger partial charge in [0.25, 0.3) is 5.56 Å². The molecule has 0 bridgehead atoms. The van der Waals surface area contributed by atoms with E-state index in [0.29, 0.717) is 23.9 Å². The van der Waals surface area contributed by atoms with E-state index in [-0.39, 0.29) is 5.56 Å². The van der Waals surface area contributed by atoms with Crippen molar-refractivity contribution in [1.82, 2.24) is 14.5 Å². The summed E-state index contributed by atoms with van der Waals surface area (Å²) < 4.78 is 1.57. The van der Waals surface area contributed by atoms with Crippen LogP contribution in [0, 0.1) is 11.3 Å². The Hall–Kier alpha value is -3.78. The third-order valence-electron chi connectivity index (χ3n) is 5.08.